The lowest BCUT2D eigenvalue weighted by molar-refractivity contribution is -0.0554. The van der Waals surface area contributed by atoms with Crippen molar-refractivity contribution < 1.29 is 9.84 Å². The van der Waals surface area contributed by atoms with E-state index in [1.165, 1.54) is 0 Å². The monoisotopic (exact) mass is 218 g/mol. The number of ether oxygens (including phenoxy) is 1. The van der Waals surface area contributed by atoms with E-state index in [2.05, 4.69) is 13.8 Å². The molecule has 0 aromatic carbocycles. The SMILES string of the molecule is COC[C@@]1(O)C[C@H]2[C@@H](C[C@H]1Cl)C2(C)C. The van der Waals surface area contributed by atoms with Crippen molar-refractivity contribution in [1.82, 2.24) is 0 Å². The lowest BCUT2D eigenvalue weighted by Crippen LogP contribution is -2.46. The van der Waals surface area contributed by atoms with E-state index < -0.39 is 5.60 Å². The van der Waals surface area contributed by atoms with Crippen LogP contribution in [0, 0.1) is 17.3 Å². The highest BCUT2D eigenvalue weighted by Gasteiger charge is 2.64. The molecule has 0 radical (unpaired) electrons. The molecule has 2 rings (SSSR count). The molecule has 0 saturated heterocycles. The minimum atomic E-state index is -0.800. The zero-order valence-corrected chi connectivity index (χ0v) is 9.84. The van der Waals surface area contributed by atoms with Crippen molar-refractivity contribution >= 4 is 11.6 Å². The van der Waals surface area contributed by atoms with Gasteiger partial charge in [-0.05, 0) is 30.1 Å². The van der Waals surface area contributed by atoms with E-state index >= 15 is 0 Å². The standard InChI is InChI=1S/C11H19ClO2/c1-10(2)7-4-9(12)11(13,6-14-3)5-8(7)10/h7-9,13H,4-6H2,1-3H3/t7-,8+,9-,11+/m1/s1. The Balaban J connectivity index is 2.09. The topological polar surface area (TPSA) is 29.5 Å². The van der Waals surface area contributed by atoms with Crippen LogP contribution in [0.1, 0.15) is 26.7 Å². The van der Waals surface area contributed by atoms with E-state index in [1.807, 2.05) is 0 Å². The maximum absolute atomic E-state index is 10.3. The number of hydrogen-bond acceptors (Lipinski definition) is 2. The Morgan fingerprint density at radius 3 is 2.64 bits per heavy atom. The zero-order chi connectivity index (χ0) is 10.6. The highest BCUT2D eigenvalue weighted by Crippen LogP contribution is 2.67. The Kier molecular flexibility index (Phi) is 2.37. The van der Waals surface area contributed by atoms with Crippen LogP contribution >= 0.6 is 11.6 Å². The van der Waals surface area contributed by atoms with Crippen LogP contribution in [-0.2, 0) is 4.74 Å². The maximum atomic E-state index is 10.3. The summed E-state index contributed by atoms with van der Waals surface area (Å²) in [5.41, 5.74) is -0.420. The molecular formula is C11H19ClO2. The molecule has 0 aromatic rings. The fraction of sp³-hybridized carbons (Fsp3) is 1.00. The molecule has 2 fully saturated rings. The number of aliphatic hydroxyl groups is 1. The van der Waals surface area contributed by atoms with Gasteiger partial charge in [0, 0.05) is 7.11 Å². The van der Waals surface area contributed by atoms with Crippen LogP contribution in [0.4, 0.5) is 0 Å². The first-order valence-electron chi connectivity index (χ1n) is 5.27. The molecule has 0 aromatic heterocycles. The average molecular weight is 219 g/mol. The predicted molar refractivity (Wildman–Crippen MR) is 56.5 cm³/mol. The lowest BCUT2D eigenvalue weighted by atomic mass is 9.85. The van der Waals surface area contributed by atoms with Crippen molar-refractivity contribution in [2.45, 2.75) is 37.7 Å². The molecule has 0 amide bonds. The van der Waals surface area contributed by atoms with E-state index in [-0.39, 0.29) is 5.38 Å². The first-order valence-corrected chi connectivity index (χ1v) is 5.71. The van der Waals surface area contributed by atoms with E-state index in [0.717, 1.165) is 12.8 Å². The fourth-order valence-electron chi connectivity index (χ4n) is 3.08. The molecule has 1 N–H and O–H groups in total. The van der Waals surface area contributed by atoms with E-state index in [9.17, 15) is 5.11 Å². The summed E-state index contributed by atoms with van der Waals surface area (Å²) in [4.78, 5) is 0. The number of hydrogen-bond donors (Lipinski definition) is 1. The van der Waals surface area contributed by atoms with Crippen LogP contribution in [0.15, 0.2) is 0 Å². The van der Waals surface area contributed by atoms with E-state index in [1.54, 1.807) is 7.11 Å². The summed E-state index contributed by atoms with van der Waals surface area (Å²) >= 11 is 6.22. The highest BCUT2D eigenvalue weighted by atomic mass is 35.5. The summed E-state index contributed by atoms with van der Waals surface area (Å²) in [5.74, 6) is 1.35. The fourth-order valence-corrected chi connectivity index (χ4v) is 3.43. The minimum Gasteiger partial charge on any atom is -0.386 e. The third-order valence-corrected chi connectivity index (χ3v) is 4.88. The number of alkyl halides is 1. The molecule has 2 saturated carbocycles. The number of halogens is 1. The first-order chi connectivity index (χ1) is 6.42. The van der Waals surface area contributed by atoms with Gasteiger partial charge in [-0.1, -0.05) is 13.8 Å². The van der Waals surface area contributed by atoms with Crippen LogP contribution in [0.25, 0.3) is 0 Å². The molecular weight excluding hydrogens is 200 g/mol. The van der Waals surface area contributed by atoms with Crippen LogP contribution < -0.4 is 0 Å². The minimum absolute atomic E-state index is 0.148. The maximum Gasteiger partial charge on any atom is 0.104 e. The highest BCUT2D eigenvalue weighted by molar-refractivity contribution is 6.21. The molecule has 14 heavy (non-hydrogen) atoms. The lowest BCUT2D eigenvalue weighted by Gasteiger charge is -2.35. The normalized spacial score (nSPS) is 49.9. The number of rotatable bonds is 2. The summed E-state index contributed by atoms with van der Waals surface area (Å²) in [6.07, 6.45) is 1.73. The van der Waals surface area contributed by atoms with Gasteiger partial charge in [-0.15, -0.1) is 11.6 Å². The molecule has 0 bridgehead atoms. The van der Waals surface area contributed by atoms with Crippen LogP contribution in [0.5, 0.6) is 0 Å². The van der Waals surface area contributed by atoms with Gasteiger partial charge in [-0.3, -0.25) is 0 Å². The molecule has 82 valence electrons. The summed E-state index contributed by atoms with van der Waals surface area (Å²) in [6, 6.07) is 0. The second-order valence-electron chi connectivity index (χ2n) is 5.48. The van der Waals surface area contributed by atoms with Crippen molar-refractivity contribution in [3.05, 3.63) is 0 Å². The summed E-state index contributed by atoms with van der Waals surface area (Å²) in [5, 5.41) is 10.2. The van der Waals surface area contributed by atoms with Crippen LogP contribution in [-0.4, -0.2) is 29.8 Å². The third-order valence-electron chi connectivity index (χ3n) is 4.30. The molecule has 2 nitrogen and oxygen atoms in total. The molecule has 4 atom stereocenters. The molecule has 2 aliphatic carbocycles. The Hall–Kier alpha value is 0.210. The molecule has 0 spiro atoms. The zero-order valence-electron chi connectivity index (χ0n) is 9.09. The molecule has 3 heteroatoms. The van der Waals surface area contributed by atoms with Crippen molar-refractivity contribution in [3.8, 4) is 0 Å². The molecule has 0 unspecified atom stereocenters. The van der Waals surface area contributed by atoms with Crippen molar-refractivity contribution in [3.63, 3.8) is 0 Å². The number of fused-ring (bicyclic) bond motifs is 1. The molecule has 0 aliphatic heterocycles. The average Bonchev–Trinajstić information content (AvgIpc) is 2.56. The van der Waals surface area contributed by atoms with E-state index in [4.69, 9.17) is 16.3 Å². The van der Waals surface area contributed by atoms with Crippen molar-refractivity contribution in [2.24, 2.45) is 17.3 Å². The Morgan fingerprint density at radius 1 is 1.43 bits per heavy atom. The Labute approximate surface area is 90.6 Å². The van der Waals surface area contributed by atoms with Gasteiger partial charge in [-0.2, -0.15) is 0 Å². The van der Waals surface area contributed by atoms with Gasteiger partial charge in [0.2, 0.25) is 0 Å². The summed E-state index contributed by atoms with van der Waals surface area (Å²) in [7, 11) is 1.62. The summed E-state index contributed by atoms with van der Waals surface area (Å²) in [6.45, 7) is 4.90. The van der Waals surface area contributed by atoms with Gasteiger partial charge >= 0.3 is 0 Å². The van der Waals surface area contributed by atoms with Gasteiger partial charge in [-0.25, -0.2) is 0 Å². The Morgan fingerprint density at radius 2 is 2.07 bits per heavy atom. The number of methoxy groups -OCH3 is 1. The first kappa shape index (κ1) is 10.7. The van der Waals surface area contributed by atoms with Gasteiger partial charge in [0.1, 0.15) is 5.60 Å². The molecule has 0 heterocycles. The van der Waals surface area contributed by atoms with Gasteiger partial charge in [0.15, 0.2) is 0 Å². The third kappa shape index (κ3) is 1.39. The van der Waals surface area contributed by atoms with Crippen molar-refractivity contribution in [1.29, 1.82) is 0 Å². The second-order valence-corrected chi connectivity index (χ2v) is 6.01. The summed E-state index contributed by atoms with van der Waals surface area (Å²) < 4.78 is 5.06. The predicted octanol–water partition coefficient (Wildman–Crippen LogP) is 2.04. The second kappa shape index (κ2) is 3.10. The van der Waals surface area contributed by atoms with Gasteiger partial charge < -0.3 is 9.84 Å². The Bertz CT molecular complexity index is 241. The van der Waals surface area contributed by atoms with E-state index in [0.29, 0.717) is 23.9 Å². The van der Waals surface area contributed by atoms with Crippen LogP contribution in [0.2, 0.25) is 0 Å². The largest absolute Gasteiger partial charge is 0.386 e. The quantitative estimate of drug-likeness (QED) is 0.719. The van der Waals surface area contributed by atoms with Crippen LogP contribution in [0.3, 0.4) is 0 Å². The smallest absolute Gasteiger partial charge is 0.104 e. The van der Waals surface area contributed by atoms with Crippen molar-refractivity contribution in [2.75, 3.05) is 13.7 Å². The molecule has 2 aliphatic rings. The van der Waals surface area contributed by atoms with Gasteiger partial charge in [0.25, 0.3) is 0 Å². The van der Waals surface area contributed by atoms with Gasteiger partial charge in [0.05, 0.1) is 12.0 Å².